The molecular formula is C107H78N8. The van der Waals surface area contributed by atoms with Gasteiger partial charge in [-0.1, -0.05) is 243 Å². The van der Waals surface area contributed by atoms with E-state index in [2.05, 4.69) is 450 Å². The first-order valence-corrected chi connectivity index (χ1v) is 39.9. The van der Waals surface area contributed by atoms with Crippen molar-refractivity contribution >= 4 is 160 Å². The number of nitrogens with zero attached hydrogens (tertiary/aromatic N) is 8. The third-order valence-corrected chi connectivity index (χ3v) is 23.7. The number of fused-ring (bicyclic) bond motifs is 15. The summed E-state index contributed by atoms with van der Waals surface area (Å²) in [5, 5.41) is 12.1. The summed E-state index contributed by atoms with van der Waals surface area (Å²) < 4.78 is 12.4. The molecule has 0 bridgehead atoms. The smallest absolute Gasteiger partial charge is 0.0496 e. The van der Waals surface area contributed by atoms with E-state index in [4.69, 9.17) is 0 Å². The maximum absolute atomic E-state index is 2.48. The van der Waals surface area contributed by atoms with Gasteiger partial charge in [-0.2, -0.15) is 0 Å². The van der Waals surface area contributed by atoms with Crippen LogP contribution in [0.2, 0.25) is 0 Å². The van der Waals surface area contributed by atoms with Crippen LogP contribution in [0.25, 0.3) is 109 Å². The van der Waals surface area contributed by atoms with Crippen molar-refractivity contribution in [2.75, 3.05) is 14.7 Å². The van der Waals surface area contributed by atoms with Crippen LogP contribution in [0, 0.1) is 0 Å². The maximum Gasteiger partial charge on any atom is 0.0496 e. The summed E-state index contributed by atoms with van der Waals surface area (Å²) in [5.41, 5.74) is 27.8. The zero-order valence-electron chi connectivity index (χ0n) is 63.4. The molecule has 0 spiro atoms. The lowest BCUT2D eigenvalue weighted by atomic mass is 10.1. The lowest BCUT2D eigenvalue weighted by molar-refractivity contribution is 0.869. The lowest BCUT2D eigenvalue weighted by Crippen LogP contribution is -2.13. The fraction of sp³-hybridized carbons (Fsp3) is 0.0467. The minimum Gasteiger partial charge on any atom is -0.336 e. The van der Waals surface area contributed by atoms with Gasteiger partial charge in [0, 0.05) is 193 Å². The molecule has 8 nitrogen and oxygen atoms in total. The third kappa shape index (κ3) is 11.8. The summed E-state index contributed by atoms with van der Waals surface area (Å²) in [7, 11) is 0. The Labute approximate surface area is 666 Å². The summed E-state index contributed by atoms with van der Waals surface area (Å²) in [6, 6.07) is 153. The SMILES string of the molecule is c1ccc(Cn2c3ccccc3c3cc(N(c4ccc(N(c5ccc6c(c5)c5ccccc5n6Cc5ccccc5)c5ccc6c(c5)c5ccccc5n6Cc5ccccc5)cc4)c4ccc(N(c5ccc6c(c5)c5ccccc5n6Cc5ccccc5)c5ccc6c(c5)c5ccccc5n6Cc5ccccc5)cc4)ccc32)cc1. The van der Waals surface area contributed by atoms with E-state index in [0.29, 0.717) is 0 Å². The molecule has 0 atom stereocenters. The zero-order valence-corrected chi connectivity index (χ0v) is 63.4. The Balaban J connectivity index is 0.717. The molecule has 8 heteroatoms. The highest BCUT2D eigenvalue weighted by molar-refractivity contribution is 6.15. The molecular weight excluding hydrogens is 1400 g/mol. The quantitative estimate of drug-likeness (QED) is 0.0809. The molecule has 5 aromatic heterocycles. The predicted octanol–water partition coefficient (Wildman–Crippen LogP) is 27.9. The molecule has 0 aliphatic heterocycles. The summed E-state index contributed by atoms with van der Waals surface area (Å²) in [4.78, 5) is 7.38. The Morgan fingerprint density at radius 2 is 0.278 bits per heavy atom. The molecule has 17 aromatic carbocycles. The molecule has 546 valence electrons. The van der Waals surface area contributed by atoms with E-state index < -0.39 is 0 Å². The van der Waals surface area contributed by atoms with E-state index in [0.717, 1.165) is 83.9 Å². The van der Waals surface area contributed by atoms with Gasteiger partial charge in [0.05, 0.1) is 0 Å². The Morgan fingerprint density at radius 1 is 0.130 bits per heavy atom. The Bertz CT molecular complexity index is 6740. The van der Waals surface area contributed by atoms with Crippen molar-refractivity contribution in [3.63, 3.8) is 0 Å². The van der Waals surface area contributed by atoms with Crippen LogP contribution in [0.3, 0.4) is 0 Å². The number of hydrogen-bond acceptors (Lipinski definition) is 3. The largest absolute Gasteiger partial charge is 0.336 e. The van der Waals surface area contributed by atoms with Crippen molar-refractivity contribution in [2.24, 2.45) is 0 Å². The molecule has 0 saturated heterocycles. The second-order valence-electron chi connectivity index (χ2n) is 30.5. The Morgan fingerprint density at radius 3 is 0.470 bits per heavy atom. The molecule has 0 aliphatic rings. The first-order valence-electron chi connectivity index (χ1n) is 39.9. The number of rotatable bonds is 19. The minimum atomic E-state index is 0.751. The number of benzene rings is 17. The van der Waals surface area contributed by atoms with Crippen molar-refractivity contribution in [3.8, 4) is 0 Å². The molecule has 0 saturated carbocycles. The normalized spacial score (nSPS) is 11.8. The minimum absolute atomic E-state index is 0.751. The molecule has 22 rings (SSSR count). The highest BCUT2D eigenvalue weighted by Gasteiger charge is 2.26. The van der Waals surface area contributed by atoms with E-state index in [1.54, 1.807) is 0 Å². The number of anilines is 9. The fourth-order valence-electron chi connectivity index (χ4n) is 18.4. The van der Waals surface area contributed by atoms with Crippen LogP contribution in [-0.2, 0) is 32.7 Å². The van der Waals surface area contributed by atoms with Crippen LogP contribution in [0.5, 0.6) is 0 Å². The first kappa shape index (κ1) is 67.1. The maximum atomic E-state index is 2.48. The molecule has 0 amide bonds. The topological polar surface area (TPSA) is 34.4 Å². The van der Waals surface area contributed by atoms with Gasteiger partial charge in [0.1, 0.15) is 0 Å². The van der Waals surface area contributed by atoms with Crippen molar-refractivity contribution in [3.05, 3.63) is 440 Å². The Hall–Kier alpha value is -14.9. The van der Waals surface area contributed by atoms with Gasteiger partial charge in [-0.05, 0) is 198 Å². The molecule has 0 radical (unpaired) electrons. The van der Waals surface area contributed by atoms with Crippen molar-refractivity contribution < 1.29 is 0 Å². The van der Waals surface area contributed by atoms with Crippen LogP contribution < -0.4 is 14.7 Å². The van der Waals surface area contributed by atoms with Gasteiger partial charge in [-0.3, -0.25) is 0 Å². The van der Waals surface area contributed by atoms with E-state index in [1.165, 1.54) is 137 Å². The average Bonchev–Trinajstić information content (AvgIpc) is 1.61. The van der Waals surface area contributed by atoms with Crippen LogP contribution in [0.15, 0.2) is 413 Å². The van der Waals surface area contributed by atoms with Crippen LogP contribution in [0.4, 0.5) is 51.2 Å². The highest BCUT2D eigenvalue weighted by Crippen LogP contribution is 2.48. The molecule has 0 fully saturated rings. The van der Waals surface area contributed by atoms with E-state index in [-0.39, 0.29) is 0 Å². The number of hydrogen-bond donors (Lipinski definition) is 0. The molecule has 0 aliphatic carbocycles. The molecule has 5 heterocycles. The number of para-hydroxylation sites is 5. The fourth-order valence-corrected chi connectivity index (χ4v) is 18.4. The molecule has 22 aromatic rings. The second kappa shape index (κ2) is 28.2. The number of aromatic nitrogens is 5. The van der Waals surface area contributed by atoms with Gasteiger partial charge in [0.2, 0.25) is 0 Å². The molecule has 115 heavy (non-hydrogen) atoms. The van der Waals surface area contributed by atoms with Crippen LogP contribution in [0.1, 0.15) is 27.8 Å². The molecule has 0 unspecified atom stereocenters. The van der Waals surface area contributed by atoms with Crippen LogP contribution >= 0.6 is 0 Å². The Kier molecular flexibility index (Phi) is 16.4. The van der Waals surface area contributed by atoms with Gasteiger partial charge >= 0.3 is 0 Å². The summed E-state index contributed by atoms with van der Waals surface area (Å²) in [5.74, 6) is 0. The molecule has 0 N–H and O–H groups in total. The second-order valence-corrected chi connectivity index (χ2v) is 30.5. The highest BCUT2D eigenvalue weighted by atomic mass is 15.2. The van der Waals surface area contributed by atoms with Gasteiger partial charge in [-0.25, -0.2) is 0 Å². The summed E-state index contributed by atoms with van der Waals surface area (Å²) in [6.07, 6.45) is 0. The van der Waals surface area contributed by atoms with Gasteiger partial charge in [0.15, 0.2) is 0 Å². The van der Waals surface area contributed by atoms with Crippen molar-refractivity contribution in [2.45, 2.75) is 32.7 Å². The average molecular weight is 1480 g/mol. The van der Waals surface area contributed by atoms with Gasteiger partial charge in [-0.15, -0.1) is 0 Å². The zero-order chi connectivity index (χ0) is 75.9. The van der Waals surface area contributed by atoms with Crippen LogP contribution in [-0.4, -0.2) is 22.8 Å². The summed E-state index contributed by atoms with van der Waals surface area (Å²) in [6.45, 7) is 3.79. The van der Waals surface area contributed by atoms with Gasteiger partial charge < -0.3 is 37.5 Å². The van der Waals surface area contributed by atoms with Crippen molar-refractivity contribution in [1.82, 2.24) is 22.8 Å². The standard InChI is InChI=1S/C107H78N8/c1-6-26-74(27-7-1)69-108-98-41-21-16-36-88(98)93-64-83(54-59-103(93)108)113(79-46-50-81(51-47-79)114(84-55-60-104-94(65-84)89-37-17-22-42-99(89)109(104)70-75-28-8-2-9-29-75)85-56-61-105-95(66-85)90-38-18-23-43-100(90)110(105)71-76-30-10-3-11-31-76)80-48-52-82(53-49-80)115(86-57-62-106-96(67-86)91-39-19-24-44-101(91)111(106)72-77-32-12-4-13-33-77)87-58-63-107-97(68-87)92-40-20-25-45-102(92)112(107)73-78-34-14-5-15-35-78/h1-68H,69-73H2. The van der Waals surface area contributed by atoms with Crippen molar-refractivity contribution in [1.29, 1.82) is 0 Å². The van der Waals surface area contributed by atoms with E-state index in [9.17, 15) is 0 Å². The van der Waals surface area contributed by atoms with E-state index in [1.807, 2.05) is 0 Å². The van der Waals surface area contributed by atoms with Gasteiger partial charge in [0.25, 0.3) is 0 Å². The lowest BCUT2D eigenvalue weighted by Gasteiger charge is -2.30. The summed E-state index contributed by atoms with van der Waals surface area (Å²) >= 11 is 0. The monoisotopic (exact) mass is 1470 g/mol. The van der Waals surface area contributed by atoms with E-state index >= 15 is 0 Å². The third-order valence-electron chi connectivity index (χ3n) is 23.7. The predicted molar refractivity (Wildman–Crippen MR) is 483 cm³/mol. The first-order chi connectivity index (χ1) is 57.0.